The fourth-order valence-corrected chi connectivity index (χ4v) is 4.68. The molecule has 2 aliphatic rings. The first kappa shape index (κ1) is 18.8. The Morgan fingerprint density at radius 3 is 2.72 bits per heavy atom. The number of hydrogen-bond donors (Lipinski definition) is 1. The van der Waals surface area contributed by atoms with Crippen molar-refractivity contribution in [2.45, 2.75) is 12.1 Å². The van der Waals surface area contributed by atoms with Gasteiger partial charge in [0.25, 0.3) is 0 Å². The number of benzene rings is 1. The maximum Gasteiger partial charge on any atom is 0.231 e. The van der Waals surface area contributed by atoms with E-state index in [-0.39, 0.29) is 18.9 Å². The van der Waals surface area contributed by atoms with Crippen LogP contribution in [0.2, 0.25) is 0 Å². The number of fused-ring (bicyclic) bond motifs is 1. The van der Waals surface area contributed by atoms with Gasteiger partial charge >= 0.3 is 0 Å². The quantitative estimate of drug-likeness (QED) is 0.477. The number of rotatable bonds is 4. The Bertz CT molecular complexity index is 1280. The standard InChI is InChI=1S/C24H19N5O2S/c32-24-27-22(18-6-1-2-11-26-18)23(19-7-4-12-28(19)17-5-3-10-25-14-17)29(24)16-8-9-20-21(13-16)31-15-30-20/h1-14,22-23H,15H2,(H,27,32)/t22-,23+/m1/s1. The third kappa shape index (κ3) is 3.07. The molecule has 1 aromatic carbocycles. The lowest BCUT2D eigenvalue weighted by molar-refractivity contribution is 0.174. The van der Waals surface area contributed by atoms with Gasteiger partial charge in [-0.1, -0.05) is 6.07 Å². The highest BCUT2D eigenvalue weighted by Crippen LogP contribution is 2.44. The van der Waals surface area contributed by atoms with Crippen LogP contribution in [0.4, 0.5) is 5.69 Å². The summed E-state index contributed by atoms with van der Waals surface area (Å²) in [5, 5.41) is 4.13. The maximum absolute atomic E-state index is 5.83. The number of thiocarbonyl (C=S) groups is 1. The van der Waals surface area contributed by atoms with Crippen molar-refractivity contribution >= 4 is 23.0 Å². The predicted molar refractivity (Wildman–Crippen MR) is 124 cm³/mol. The molecule has 6 rings (SSSR count). The average molecular weight is 442 g/mol. The molecule has 0 amide bonds. The highest BCUT2D eigenvalue weighted by Gasteiger charge is 2.42. The maximum atomic E-state index is 5.83. The second kappa shape index (κ2) is 7.65. The summed E-state index contributed by atoms with van der Waals surface area (Å²) in [6, 6.07) is 19.7. The molecule has 7 nitrogen and oxygen atoms in total. The first-order valence-corrected chi connectivity index (χ1v) is 10.7. The highest BCUT2D eigenvalue weighted by molar-refractivity contribution is 7.80. The lowest BCUT2D eigenvalue weighted by Crippen LogP contribution is -2.30. The molecule has 0 aliphatic carbocycles. The van der Waals surface area contributed by atoms with Gasteiger partial charge in [0.2, 0.25) is 6.79 Å². The molecule has 8 heteroatoms. The molecular formula is C24H19N5O2S. The van der Waals surface area contributed by atoms with Crippen LogP contribution in [0.1, 0.15) is 23.5 Å². The zero-order valence-electron chi connectivity index (χ0n) is 17.0. The van der Waals surface area contributed by atoms with Gasteiger partial charge in [-0.3, -0.25) is 9.97 Å². The lowest BCUT2D eigenvalue weighted by Gasteiger charge is -2.29. The summed E-state index contributed by atoms with van der Waals surface area (Å²) in [6.45, 7) is 0.228. The van der Waals surface area contributed by atoms with E-state index >= 15 is 0 Å². The van der Waals surface area contributed by atoms with E-state index in [0.29, 0.717) is 10.9 Å². The normalized spacial score (nSPS) is 19.2. The van der Waals surface area contributed by atoms with E-state index in [0.717, 1.165) is 28.5 Å². The van der Waals surface area contributed by atoms with Gasteiger partial charge in [0.15, 0.2) is 16.6 Å². The molecule has 3 aromatic heterocycles. The summed E-state index contributed by atoms with van der Waals surface area (Å²) in [5.41, 5.74) is 3.89. The smallest absolute Gasteiger partial charge is 0.231 e. The number of nitrogens with zero attached hydrogens (tertiary/aromatic N) is 4. The number of pyridine rings is 2. The fourth-order valence-electron chi connectivity index (χ4n) is 4.34. The molecule has 0 unspecified atom stereocenters. The summed E-state index contributed by atoms with van der Waals surface area (Å²) in [6.07, 6.45) is 7.47. The summed E-state index contributed by atoms with van der Waals surface area (Å²) in [4.78, 5) is 11.1. The second-order valence-corrected chi connectivity index (χ2v) is 7.94. The summed E-state index contributed by atoms with van der Waals surface area (Å²) < 4.78 is 13.3. The first-order chi connectivity index (χ1) is 15.8. The summed E-state index contributed by atoms with van der Waals surface area (Å²) >= 11 is 5.83. The monoisotopic (exact) mass is 441 g/mol. The van der Waals surface area contributed by atoms with Crippen molar-refractivity contribution in [3.8, 4) is 17.2 Å². The molecule has 1 saturated heterocycles. The molecule has 1 N–H and O–H groups in total. The van der Waals surface area contributed by atoms with Crippen molar-refractivity contribution < 1.29 is 9.47 Å². The van der Waals surface area contributed by atoms with Crippen LogP contribution < -0.4 is 19.7 Å². The van der Waals surface area contributed by atoms with Crippen molar-refractivity contribution in [2.24, 2.45) is 0 Å². The van der Waals surface area contributed by atoms with Crippen LogP contribution >= 0.6 is 12.2 Å². The van der Waals surface area contributed by atoms with Crippen molar-refractivity contribution in [3.05, 3.63) is 96.8 Å². The van der Waals surface area contributed by atoms with Crippen LogP contribution in [0, 0.1) is 0 Å². The molecule has 0 bridgehead atoms. The molecule has 158 valence electrons. The largest absolute Gasteiger partial charge is 0.454 e. The lowest BCUT2D eigenvalue weighted by atomic mass is 10.0. The molecular weight excluding hydrogens is 422 g/mol. The van der Waals surface area contributed by atoms with E-state index in [1.165, 1.54) is 0 Å². The van der Waals surface area contributed by atoms with Crippen LogP contribution in [0.15, 0.2) is 85.5 Å². The number of nitrogens with one attached hydrogen (secondary N) is 1. The van der Waals surface area contributed by atoms with Gasteiger partial charge in [0.05, 0.1) is 23.6 Å². The van der Waals surface area contributed by atoms with Crippen molar-refractivity contribution in [1.29, 1.82) is 0 Å². The fraction of sp³-hybridized carbons (Fsp3) is 0.125. The average Bonchev–Trinajstić information content (AvgIpc) is 3.57. The Labute approximate surface area is 190 Å². The van der Waals surface area contributed by atoms with Crippen LogP contribution in [0.3, 0.4) is 0 Å². The van der Waals surface area contributed by atoms with E-state index in [4.69, 9.17) is 21.7 Å². The Hall–Kier alpha value is -3.91. The third-order valence-corrected chi connectivity index (χ3v) is 6.05. The van der Waals surface area contributed by atoms with Crippen LogP contribution in [0.5, 0.6) is 11.5 Å². The Morgan fingerprint density at radius 2 is 1.88 bits per heavy atom. The van der Waals surface area contributed by atoms with Gasteiger partial charge in [-0.05, 0) is 60.7 Å². The summed E-state index contributed by atoms with van der Waals surface area (Å²) in [5.74, 6) is 1.45. The topological polar surface area (TPSA) is 64.4 Å². The molecule has 4 aromatic rings. The Balaban J connectivity index is 1.50. The number of anilines is 1. The van der Waals surface area contributed by atoms with Crippen molar-refractivity contribution in [3.63, 3.8) is 0 Å². The van der Waals surface area contributed by atoms with Gasteiger partial charge in [0, 0.05) is 36.0 Å². The van der Waals surface area contributed by atoms with Gasteiger partial charge in [0.1, 0.15) is 6.04 Å². The second-order valence-electron chi connectivity index (χ2n) is 7.55. The molecule has 0 spiro atoms. The minimum atomic E-state index is -0.145. The van der Waals surface area contributed by atoms with Crippen molar-refractivity contribution in [2.75, 3.05) is 11.7 Å². The van der Waals surface area contributed by atoms with Gasteiger partial charge in [-0.2, -0.15) is 0 Å². The van der Waals surface area contributed by atoms with Crippen molar-refractivity contribution in [1.82, 2.24) is 19.9 Å². The minimum Gasteiger partial charge on any atom is -0.454 e. The molecule has 2 aliphatic heterocycles. The molecule has 2 atom stereocenters. The SMILES string of the molecule is S=C1N[C@H](c2ccccn2)[C@H](c2cccn2-c2cccnc2)N1c1ccc2c(c1)OCO2. The van der Waals surface area contributed by atoms with Gasteiger partial charge in [-0.15, -0.1) is 0 Å². The van der Waals surface area contributed by atoms with E-state index in [2.05, 4.69) is 30.8 Å². The van der Waals surface area contributed by atoms with E-state index in [9.17, 15) is 0 Å². The molecule has 1 fully saturated rings. The Kier molecular flexibility index (Phi) is 4.50. The Morgan fingerprint density at radius 1 is 0.938 bits per heavy atom. The molecule has 5 heterocycles. The highest BCUT2D eigenvalue weighted by atomic mass is 32.1. The number of aromatic nitrogens is 3. The molecule has 32 heavy (non-hydrogen) atoms. The van der Waals surface area contributed by atoms with E-state index in [1.54, 1.807) is 12.4 Å². The van der Waals surface area contributed by atoms with Gasteiger partial charge < -0.3 is 24.3 Å². The third-order valence-electron chi connectivity index (χ3n) is 5.74. The number of ether oxygens (including phenoxy) is 2. The van der Waals surface area contributed by atoms with Crippen LogP contribution in [0.25, 0.3) is 5.69 Å². The zero-order valence-corrected chi connectivity index (χ0v) is 17.8. The molecule has 0 saturated carbocycles. The van der Waals surface area contributed by atoms with E-state index < -0.39 is 0 Å². The summed E-state index contributed by atoms with van der Waals surface area (Å²) in [7, 11) is 0. The van der Waals surface area contributed by atoms with Crippen LogP contribution in [-0.4, -0.2) is 26.4 Å². The molecule has 0 radical (unpaired) electrons. The first-order valence-electron chi connectivity index (χ1n) is 10.3. The number of hydrogen-bond acceptors (Lipinski definition) is 5. The van der Waals surface area contributed by atoms with Gasteiger partial charge in [-0.25, -0.2) is 0 Å². The van der Waals surface area contributed by atoms with E-state index in [1.807, 2.05) is 67.0 Å². The predicted octanol–water partition coefficient (Wildman–Crippen LogP) is 4.17. The minimum absolute atomic E-state index is 0.139. The van der Waals surface area contributed by atoms with Crippen LogP contribution in [-0.2, 0) is 0 Å². The zero-order chi connectivity index (χ0) is 21.5.